The molecule has 3 aromatic rings. The second-order valence-corrected chi connectivity index (χ2v) is 10.5. The lowest BCUT2D eigenvalue weighted by atomic mass is 10.1. The van der Waals surface area contributed by atoms with Crippen molar-refractivity contribution >= 4 is 21.7 Å². The summed E-state index contributed by atoms with van der Waals surface area (Å²) < 4.78 is 32.7. The maximum atomic E-state index is 12.8. The summed E-state index contributed by atoms with van der Waals surface area (Å²) in [5.74, 6) is -0.0605. The first-order chi connectivity index (χ1) is 16.1. The van der Waals surface area contributed by atoms with Crippen LogP contribution in [0.15, 0.2) is 53.6 Å². The van der Waals surface area contributed by atoms with Crippen molar-refractivity contribution in [3.8, 4) is 28.3 Å². The zero-order chi connectivity index (χ0) is 24.6. The summed E-state index contributed by atoms with van der Waals surface area (Å²) in [6, 6.07) is 11.5. The van der Waals surface area contributed by atoms with Gasteiger partial charge in [0.2, 0.25) is 10.0 Å². The van der Waals surface area contributed by atoms with Gasteiger partial charge in [0.15, 0.2) is 0 Å². The molecule has 1 saturated carbocycles. The molecular formula is C24H27N5O4S. The first kappa shape index (κ1) is 23.7. The van der Waals surface area contributed by atoms with Crippen LogP contribution in [0.3, 0.4) is 0 Å². The molecule has 4 rings (SSSR count). The van der Waals surface area contributed by atoms with Gasteiger partial charge in [0.1, 0.15) is 17.3 Å². The number of amides is 1. The Bertz CT molecular complexity index is 1340. The Labute approximate surface area is 198 Å². The molecule has 0 saturated heterocycles. The summed E-state index contributed by atoms with van der Waals surface area (Å²) in [4.78, 5) is 20.9. The van der Waals surface area contributed by atoms with Crippen LogP contribution in [0.25, 0.3) is 22.5 Å². The molecule has 9 nitrogen and oxygen atoms in total. The van der Waals surface area contributed by atoms with Crippen LogP contribution in [0.2, 0.25) is 0 Å². The number of carbonyl (C=O) groups excluding carboxylic acids is 1. The Morgan fingerprint density at radius 1 is 1.12 bits per heavy atom. The topological polar surface area (TPSA) is 142 Å². The van der Waals surface area contributed by atoms with Gasteiger partial charge in [0.25, 0.3) is 5.91 Å². The number of anilines is 1. The summed E-state index contributed by atoms with van der Waals surface area (Å²) in [7, 11) is -1.92. The van der Waals surface area contributed by atoms with Crippen molar-refractivity contribution in [1.82, 2.24) is 14.3 Å². The second kappa shape index (κ2) is 9.03. The second-order valence-electron chi connectivity index (χ2n) is 8.51. The summed E-state index contributed by atoms with van der Waals surface area (Å²) in [6.45, 7) is 3.69. The lowest BCUT2D eigenvalue weighted by Crippen LogP contribution is -2.28. The number of aromatic nitrogens is 2. The lowest BCUT2D eigenvalue weighted by Gasteiger charge is -2.16. The molecule has 1 fully saturated rings. The van der Waals surface area contributed by atoms with E-state index in [2.05, 4.69) is 9.97 Å². The lowest BCUT2D eigenvalue weighted by molar-refractivity contribution is 0.0994. The molecule has 0 spiro atoms. The van der Waals surface area contributed by atoms with E-state index in [1.807, 2.05) is 13.8 Å². The highest BCUT2D eigenvalue weighted by atomic mass is 32.2. The first-order valence-corrected chi connectivity index (χ1v) is 12.3. The number of nitrogen functional groups attached to an aromatic ring is 1. The average molecular weight is 482 g/mol. The molecule has 0 radical (unpaired) electrons. The highest BCUT2D eigenvalue weighted by molar-refractivity contribution is 7.89. The number of hydrogen-bond donors (Lipinski definition) is 2. The Morgan fingerprint density at radius 3 is 2.35 bits per heavy atom. The van der Waals surface area contributed by atoms with Crippen LogP contribution in [-0.2, 0) is 10.0 Å². The minimum atomic E-state index is -3.53. The number of ether oxygens (including phenoxy) is 1. The number of nitrogens with zero attached hydrogens (tertiary/aromatic N) is 3. The summed E-state index contributed by atoms with van der Waals surface area (Å²) in [5, 5.41) is 0. The van der Waals surface area contributed by atoms with Crippen LogP contribution >= 0.6 is 0 Å². The number of hydrogen-bond acceptors (Lipinski definition) is 7. The Kier molecular flexibility index (Phi) is 6.28. The van der Waals surface area contributed by atoms with Gasteiger partial charge in [-0.2, -0.15) is 4.31 Å². The number of sulfonamides is 1. The van der Waals surface area contributed by atoms with Gasteiger partial charge < -0.3 is 16.2 Å². The van der Waals surface area contributed by atoms with Gasteiger partial charge in [0, 0.05) is 24.2 Å². The van der Waals surface area contributed by atoms with Crippen molar-refractivity contribution in [2.45, 2.75) is 43.7 Å². The molecule has 1 aliphatic rings. The smallest absolute Gasteiger partial charge is 0.252 e. The maximum Gasteiger partial charge on any atom is 0.252 e. The van der Waals surface area contributed by atoms with Crippen LogP contribution in [0.1, 0.15) is 37.0 Å². The first-order valence-electron chi connectivity index (χ1n) is 10.9. The zero-order valence-electron chi connectivity index (χ0n) is 19.2. The highest BCUT2D eigenvalue weighted by Crippen LogP contribution is 2.33. The highest BCUT2D eigenvalue weighted by Gasteiger charge is 2.35. The van der Waals surface area contributed by atoms with E-state index in [1.165, 1.54) is 10.5 Å². The number of benzene rings is 2. The minimum absolute atomic E-state index is 0.0840. The van der Waals surface area contributed by atoms with Crippen molar-refractivity contribution in [3.05, 3.63) is 54.2 Å². The van der Waals surface area contributed by atoms with Gasteiger partial charge in [-0.1, -0.05) is 18.2 Å². The van der Waals surface area contributed by atoms with E-state index in [4.69, 9.17) is 16.2 Å². The number of primary amides is 1. The van der Waals surface area contributed by atoms with E-state index >= 15 is 0 Å². The maximum absolute atomic E-state index is 12.8. The fourth-order valence-electron chi connectivity index (χ4n) is 3.57. The minimum Gasteiger partial charge on any atom is -0.490 e. The summed E-state index contributed by atoms with van der Waals surface area (Å²) in [6.07, 6.45) is 3.14. The molecule has 1 amide bonds. The normalized spacial score (nSPS) is 13.9. The molecule has 0 bridgehead atoms. The molecule has 2 aromatic carbocycles. The van der Waals surface area contributed by atoms with E-state index in [0.29, 0.717) is 28.3 Å². The van der Waals surface area contributed by atoms with Gasteiger partial charge in [-0.05, 0) is 51.0 Å². The van der Waals surface area contributed by atoms with Gasteiger partial charge in [0.05, 0.1) is 28.5 Å². The van der Waals surface area contributed by atoms with Gasteiger partial charge in [-0.15, -0.1) is 0 Å². The van der Waals surface area contributed by atoms with Crippen LogP contribution < -0.4 is 16.2 Å². The van der Waals surface area contributed by atoms with E-state index in [1.54, 1.807) is 49.5 Å². The Balaban J connectivity index is 1.68. The molecule has 1 aliphatic carbocycles. The molecule has 10 heteroatoms. The quantitative estimate of drug-likeness (QED) is 0.503. The van der Waals surface area contributed by atoms with E-state index in [-0.39, 0.29) is 28.4 Å². The summed E-state index contributed by atoms with van der Waals surface area (Å²) >= 11 is 0. The van der Waals surface area contributed by atoms with Crippen molar-refractivity contribution in [1.29, 1.82) is 0 Å². The molecule has 0 aliphatic heterocycles. The predicted octanol–water partition coefficient (Wildman–Crippen LogP) is 3.06. The predicted molar refractivity (Wildman–Crippen MR) is 130 cm³/mol. The molecular weight excluding hydrogens is 454 g/mol. The average Bonchev–Trinajstić information content (AvgIpc) is 3.64. The SMILES string of the molecule is CC(C)Oc1cc(-c2nc(-c3ccc(S(=O)(=O)N(C)C4CC4)cc3)cnc2N)ccc1C(N)=O. The Hall–Kier alpha value is -3.50. The molecule has 34 heavy (non-hydrogen) atoms. The standard InChI is InChI=1S/C24H27N5O4S/c1-14(2)33-21-12-16(6-11-19(21)24(26)30)22-23(25)27-13-20(28-22)15-4-9-18(10-5-15)34(31,32)29(3)17-7-8-17/h4-6,9-14,17H,7-8H2,1-3H3,(H2,25,27)(H2,26,30). The van der Waals surface area contributed by atoms with Gasteiger partial charge in [-0.25, -0.2) is 18.4 Å². The van der Waals surface area contributed by atoms with Crippen LogP contribution in [0.5, 0.6) is 5.75 Å². The van der Waals surface area contributed by atoms with Gasteiger partial charge >= 0.3 is 0 Å². The molecule has 4 N–H and O–H groups in total. The van der Waals surface area contributed by atoms with Crippen molar-refractivity contribution < 1.29 is 17.9 Å². The molecule has 178 valence electrons. The van der Waals surface area contributed by atoms with E-state index in [9.17, 15) is 13.2 Å². The number of rotatable bonds is 8. The third kappa shape index (κ3) is 4.73. The fraction of sp³-hybridized carbons (Fsp3) is 0.292. The van der Waals surface area contributed by atoms with E-state index < -0.39 is 15.9 Å². The van der Waals surface area contributed by atoms with Crippen molar-refractivity contribution in [3.63, 3.8) is 0 Å². The zero-order valence-corrected chi connectivity index (χ0v) is 20.0. The molecule has 1 aromatic heterocycles. The van der Waals surface area contributed by atoms with E-state index in [0.717, 1.165) is 12.8 Å². The van der Waals surface area contributed by atoms with Crippen LogP contribution in [0.4, 0.5) is 5.82 Å². The third-order valence-corrected chi connectivity index (χ3v) is 7.50. The summed E-state index contributed by atoms with van der Waals surface area (Å²) in [5.41, 5.74) is 14.1. The van der Waals surface area contributed by atoms with Crippen LogP contribution in [-0.4, -0.2) is 47.8 Å². The monoisotopic (exact) mass is 481 g/mol. The molecule has 0 unspecified atom stereocenters. The third-order valence-electron chi connectivity index (χ3n) is 5.57. The Morgan fingerprint density at radius 2 is 1.76 bits per heavy atom. The largest absolute Gasteiger partial charge is 0.490 e. The fourth-order valence-corrected chi connectivity index (χ4v) is 4.99. The molecule has 1 heterocycles. The van der Waals surface area contributed by atoms with Crippen LogP contribution in [0, 0.1) is 0 Å². The number of nitrogens with two attached hydrogens (primary N) is 2. The number of carbonyl (C=O) groups is 1. The van der Waals surface area contributed by atoms with Crippen molar-refractivity contribution in [2.75, 3.05) is 12.8 Å². The van der Waals surface area contributed by atoms with Gasteiger partial charge in [-0.3, -0.25) is 4.79 Å². The molecule has 0 atom stereocenters. The van der Waals surface area contributed by atoms with Crippen molar-refractivity contribution in [2.24, 2.45) is 5.73 Å².